The van der Waals surface area contributed by atoms with Crippen LogP contribution in [-0.4, -0.2) is 49.0 Å². The quantitative estimate of drug-likeness (QED) is 0.578. The van der Waals surface area contributed by atoms with E-state index in [0.717, 1.165) is 11.3 Å². The van der Waals surface area contributed by atoms with E-state index in [-0.39, 0.29) is 16.5 Å². The number of benzene rings is 2. The van der Waals surface area contributed by atoms with Crippen LogP contribution in [0, 0.1) is 10.1 Å². The van der Waals surface area contributed by atoms with Crippen molar-refractivity contribution in [1.82, 2.24) is 4.90 Å². The number of anilines is 1. The van der Waals surface area contributed by atoms with Crippen LogP contribution in [0.3, 0.4) is 0 Å². The summed E-state index contributed by atoms with van der Waals surface area (Å²) >= 11 is 0. The normalized spacial score (nSPS) is 14.1. The fourth-order valence-electron chi connectivity index (χ4n) is 3.28. The minimum absolute atomic E-state index is 0.108. The standard InChI is InChI=1S/C20H23N3O4/c1-27-17-9-6-16(7-10-17)8-11-20(24)22-14-12-21(13-15-22)18-4-2-3-5-19(18)23(25)26/h2-7,9-10H,8,11-15H2,1H3. The summed E-state index contributed by atoms with van der Waals surface area (Å²) in [7, 11) is 1.63. The molecular weight excluding hydrogens is 346 g/mol. The molecule has 27 heavy (non-hydrogen) atoms. The van der Waals surface area contributed by atoms with E-state index in [2.05, 4.69) is 0 Å². The predicted molar refractivity (Wildman–Crippen MR) is 103 cm³/mol. The first-order valence-corrected chi connectivity index (χ1v) is 8.97. The molecule has 2 aromatic carbocycles. The van der Waals surface area contributed by atoms with Crippen LogP contribution in [-0.2, 0) is 11.2 Å². The monoisotopic (exact) mass is 369 g/mol. The van der Waals surface area contributed by atoms with Gasteiger partial charge in [0.2, 0.25) is 5.91 Å². The van der Waals surface area contributed by atoms with Crippen LogP contribution in [0.25, 0.3) is 0 Å². The van der Waals surface area contributed by atoms with E-state index in [9.17, 15) is 14.9 Å². The number of ether oxygens (including phenoxy) is 1. The second kappa shape index (κ2) is 8.53. The molecule has 1 heterocycles. The molecule has 1 fully saturated rings. The van der Waals surface area contributed by atoms with E-state index < -0.39 is 0 Å². The number of amides is 1. The molecule has 0 aliphatic carbocycles. The topological polar surface area (TPSA) is 75.9 Å². The second-order valence-corrected chi connectivity index (χ2v) is 6.46. The van der Waals surface area contributed by atoms with Gasteiger partial charge in [0.15, 0.2) is 0 Å². The minimum Gasteiger partial charge on any atom is -0.497 e. The van der Waals surface area contributed by atoms with Crippen molar-refractivity contribution >= 4 is 17.3 Å². The van der Waals surface area contributed by atoms with E-state index in [1.165, 1.54) is 6.07 Å². The number of piperazine rings is 1. The maximum Gasteiger partial charge on any atom is 0.292 e. The summed E-state index contributed by atoms with van der Waals surface area (Å²) in [4.78, 5) is 27.2. The molecule has 0 unspecified atom stereocenters. The Morgan fingerprint density at radius 2 is 1.74 bits per heavy atom. The van der Waals surface area contributed by atoms with E-state index in [4.69, 9.17) is 4.74 Å². The number of methoxy groups -OCH3 is 1. The number of nitro benzene ring substituents is 1. The number of nitrogens with zero attached hydrogens (tertiary/aromatic N) is 3. The first-order valence-electron chi connectivity index (χ1n) is 8.97. The van der Waals surface area contributed by atoms with Gasteiger partial charge in [-0.3, -0.25) is 14.9 Å². The van der Waals surface area contributed by atoms with Crippen molar-refractivity contribution in [3.63, 3.8) is 0 Å². The Labute approximate surface area is 158 Å². The lowest BCUT2D eigenvalue weighted by molar-refractivity contribution is -0.384. The molecule has 0 saturated carbocycles. The van der Waals surface area contributed by atoms with Crippen molar-refractivity contribution < 1.29 is 14.5 Å². The van der Waals surface area contributed by atoms with Gasteiger partial charge in [0.1, 0.15) is 11.4 Å². The van der Waals surface area contributed by atoms with Crippen molar-refractivity contribution in [2.24, 2.45) is 0 Å². The highest BCUT2D eigenvalue weighted by Crippen LogP contribution is 2.28. The Balaban J connectivity index is 1.52. The molecule has 0 radical (unpaired) electrons. The summed E-state index contributed by atoms with van der Waals surface area (Å²) < 4.78 is 5.14. The maximum absolute atomic E-state index is 12.5. The Bertz CT molecular complexity index is 799. The van der Waals surface area contributed by atoms with Crippen LogP contribution in [0.4, 0.5) is 11.4 Å². The van der Waals surface area contributed by atoms with Gasteiger partial charge in [-0.25, -0.2) is 0 Å². The number of hydrogen-bond donors (Lipinski definition) is 0. The van der Waals surface area contributed by atoms with Crippen LogP contribution in [0.15, 0.2) is 48.5 Å². The van der Waals surface area contributed by atoms with Gasteiger partial charge >= 0.3 is 0 Å². The molecule has 1 saturated heterocycles. The zero-order valence-corrected chi connectivity index (χ0v) is 15.3. The molecule has 7 nitrogen and oxygen atoms in total. The summed E-state index contributed by atoms with van der Waals surface area (Å²) in [6, 6.07) is 14.5. The molecule has 0 aromatic heterocycles. The molecule has 0 bridgehead atoms. The lowest BCUT2D eigenvalue weighted by atomic mass is 10.1. The molecule has 1 aliphatic heterocycles. The number of carbonyl (C=O) groups excluding carboxylic acids is 1. The van der Waals surface area contributed by atoms with Gasteiger partial charge in [-0.2, -0.15) is 0 Å². The number of hydrogen-bond acceptors (Lipinski definition) is 5. The van der Waals surface area contributed by atoms with E-state index in [1.807, 2.05) is 34.1 Å². The van der Waals surface area contributed by atoms with Gasteiger partial charge in [-0.1, -0.05) is 24.3 Å². The molecule has 3 rings (SSSR count). The van der Waals surface area contributed by atoms with Crippen molar-refractivity contribution in [3.05, 3.63) is 64.2 Å². The van der Waals surface area contributed by atoms with Crippen molar-refractivity contribution in [2.75, 3.05) is 38.2 Å². The number of carbonyl (C=O) groups is 1. The fraction of sp³-hybridized carbons (Fsp3) is 0.350. The van der Waals surface area contributed by atoms with E-state index in [1.54, 1.807) is 25.3 Å². The van der Waals surface area contributed by atoms with Crippen LogP contribution in [0.5, 0.6) is 5.75 Å². The highest BCUT2D eigenvalue weighted by Gasteiger charge is 2.25. The molecule has 0 N–H and O–H groups in total. The molecule has 1 amide bonds. The number of para-hydroxylation sites is 2. The number of nitro groups is 1. The molecule has 142 valence electrons. The lowest BCUT2D eigenvalue weighted by Crippen LogP contribution is -2.49. The van der Waals surface area contributed by atoms with Crippen LogP contribution >= 0.6 is 0 Å². The highest BCUT2D eigenvalue weighted by atomic mass is 16.6. The lowest BCUT2D eigenvalue weighted by Gasteiger charge is -2.35. The van der Waals surface area contributed by atoms with Gasteiger partial charge in [0, 0.05) is 38.7 Å². The zero-order chi connectivity index (χ0) is 19.2. The van der Waals surface area contributed by atoms with Gasteiger partial charge in [0.05, 0.1) is 12.0 Å². The van der Waals surface area contributed by atoms with Gasteiger partial charge in [-0.15, -0.1) is 0 Å². The molecule has 2 aromatic rings. The summed E-state index contributed by atoms with van der Waals surface area (Å²) in [6.45, 7) is 2.35. The Kier molecular flexibility index (Phi) is 5.90. The third-order valence-corrected chi connectivity index (χ3v) is 4.84. The third-order valence-electron chi connectivity index (χ3n) is 4.84. The fourth-order valence-corrected chi connectivity index (χ4v) is 3.28. The first kappa shape index (κ1) is 18.7. The Hall–Kier alpha value is -3.09. The number of aryl methyl sites for hydroxylation is 1. The third kappa shape index (κ3) is 4.55. The predicted octanol–water partition coefficient (Wildman–Crippen LogP) is 2.88. The van der Waals surface area contributed by atoms with Gasteiger partial charge in [-0.05, 0) is 30.2 Å². The summed E-state index contributed by atoms with van der Waals surface area (Å²) in [5.74, 6) is 0.921. The van der Waals surface area contributed by atoms with Crippen molar-refractivity contribution in [3.8, 4) is 5.75 Å². The zero-order valence-electron chi connectivity index (χ0n) is 15.3. The molecule has 1 aliphatic rings. The van der Waals surface area contributed by atoms with E-state index >= 15 is 0 Å². The molecule has 0 atom stereocenters. The highest BCUT2D eigenvalue weighted by molar-refractivity contribution is 5.77. The maximum atomic E-state index is 12.5. The number of rotatable bonds is 6. The first-order chi connectivity index (χ1) is 13.1. The van der Waals surface area contributed by atoms with Crippen LogP contribution in [0.1, 0.15) is 12.0 Å². The van der Waals surface area contributed by atoms with Crippen molar-refractivity contribution in [2.45, 2.75) is 12.8 Å². The summed E-state index contributed by atoms with van der Waals surface area (Å²) in [6.07, 6.45) is 1.14. The van der Waals surface area contributed by atoms with Gasteiger partial charge in [0.25, 0.3) is 5.69 Å². The molecular formula is C20H23N3O4. The summed E-state index contributed by atoms with van der Waals surface area (Å²) in [5, 5.41) is 11.2. The largest absolute Gasteiger partial charge is 0.497 e. The van der Waals surface area contributed by atoms with Crippen molar-refractivity contribution in [1.29, 1.82) is 0 Å². The van der Waals surface area contributed by atoms with Gasteiger partial charge < -0.3 is 14.5 Å². The Morgan fingerprint density at radius 1 is 1.07 bits per heavy atom. The summed E-state index contributed by atoms with van der Waals surface area (Å²) in [5.41, 5.74) is 1.83. The molecule has 0 spiro atoms. The smallest absolute Gasteiger partial charge is 0.292 e. The van der Waals surface area contributed by atoms with Crippen LogP contribution < -0.4 is 9.64 Å². The Morgan fingerprint density at radius 3 is 2.37 bits per heavy atom. The average Bonchev–Trinajstić information content (AvgIpc) is 2.72. The average molecular weight is 369 g/mol. The van der Waals surface area contributed by atoms with E-state index in [0.29, 0.717) is 44.7 Å². The second-order valence-electron chi connectivity index (χ2n) is 6.46. The SMILES string of the molecule is COc1ccc(CCC(=O)N2CCN(c3ccccc3[N+](=O)[O-])CC2)cc1. The molecule has 7 heteroatoms. The minimum atomic E-state index is -0.359. The van der Waals surface area contributed by atoms with Crippen LogP contribution in [0.2, 0.25) is 0 Å².